The van der Waals surface area contributed by atoms with Crippen LogP contribution in [-0.2, 0) is 14.3 Å². The van der Waals surface area contributed by atoms with E-state index in [9.17, 15) is 24.3 Å². The zero-order chi connectivity index (χ0) is 44.7. The van der Waals surface area contributed by atoms with Crippen molar-refractivity contribution in [3.8, 4) is 33.6 Å². The number of aromatic nitrogens is 4. The number of carbonyl (C=O) groups excluding carboxylic acids is 3. The molecule has 4 N–H and O–H groups in total. The van der Waals surface area contributed by atoms with Crippen LogP contribution in [0, 0.1) is 23.7 Å². The van der Waals surface area contributed by atoms with Crippen molar-refractivity contribution in [1.29, 1.82) is 0 Å². The predicted molar refractivity (Wildman–Crippen MR) is 240 cm³/mol. The maximum absolute atomic E-state index is 13.9. The highest BCUT2D eigenvalue weighted by atomic mass is 35.5. The Morgan fingerprint density at radius 3 is 1.71 bits per heavy atom. The Bertz CT molecular complexity index is 2480. The average molecular weight is 886 g/mol. The van der Waals surface area contributed by atoms with Gasteiger partial charge in [-0.1, -0.05) is 113 Å². The molecular weight excluding hydrogens is 831 g/mol. The lowest BCUT2D eigenvalue weighted by molar-refractivity contribution is -0.138. The van der Waals surface area contributed by atoms with E-state index in [0.717, 1.165) is 37.9 Å². The van der Waals surface area contributed by atoms with Crippen LogP contribution in [0.25, 0.3) is 44.4 Å². The fraction of sp³-hybridized carbons (Fsp3) is 0.435. The monoisotopic (exact) mass is 884 g/mol. The lowest BCUT2D eigenvalue weighted by Crippen LogP contribution is -2.51. The molecule has 62 heavy (non-hydrogen) atoms. The molecule has 6 atom stereocenters. The van der Waals surface area contributed by atoms with Crippen LogP contribution in [0.1, 0.15) is 78.1 Å². The number of hydrogen-bond acceptors (Lipinski definition) is 7. The summed E-state index contributed by atoms with van der Waals surface area (Å²) in [6.07, 6.45) is -0.428. The van der Waals surface area contributed by atoms with E-state index in [1.54, 1.807) is 9.80 Å². The number of ether oxygens (including phenoxy) is 1. The quantitative estimate of drug-likeness (QED) is 0.101. The van der Waals surface area contributed by atoms with Crippen LogP contribution in [-0.4, -0.2) is 103 Å². The van der Waals surface area contributed by atoms with E-state index >= 15 is 0 Å². The zero-order valence-electron chi connectivity index (χ0n) is 36.2. The number of rotatable bonds is 11. The van der Waals surface area contributed by atoms with E-state index in [-0.39, 0.29) is 47.6 Å². The van der Waals surface area contributed by atoms with Gasteiger partial charge in [0.05, 0.1) is 30.6 Å². The number of methoxy groups -OCH3 is 1. The zero-order valence-corrected chi connectivity index (χ0v) is 37.7. The third kappa shape index (κ3) is 8.85. The highest BCUT2D eigenvalue weighted by molar-refractivity contribution is 6.32. The molecule has 0 spiro atoms. The molecule has 2 aliphatic heterocycles. The Balaban J connectivity index is 1.08. The number of nitrogens with zero attached hydrogens (tertiary/aromatic N) is 5. The maximum Gasteiger partial charge on any atom is 0.407 e. The number of benzene rings is 3. The molecule has 2 saturated heterocycles. The number of fused-ring (bicyclic) bond motifs is 1. The molecule has 0 aliphatic carbocycles. The first-order valence-corrected chi connectivity index (χ1v) is 21.8. The molecule has 3 aromatic carbocycles. The van der Waals surface area contributed by atoms with Gasteiger partial charge in [-0.15, -0.1) is 0 Å². The number of carboxylic acid groups (broad SMARTS) is 1. The topological polar surface area (TPSA) is 177 Å². The number of hydrogen-bond donors (Lipinski definition) is 4. The van der Waals surface area contributed by atoms with Gasteiger partial charge in [-0.3, -0.25) is 14.5 Å². The van der Waals surface area contributed by atoms with E-state index in [1.807, 2.05) is 64.1 Å². The molecule has 328 valence electrons. The largest absolute Gasteiger partial charge is 0.465 e. The van der Waals surface area contributed by atoms with E-state index < -0.39 is 24.3 Å². The van der Waals surface area contributed by atoms with Gasteiger partial charge in [0.15, 0.2) is 10.3 Å². The molecule has 2 aromatic heterocycles. The standard InChI is InChI=1S/C46H54Cl2N8O6/c1-23(2)35(51-45(59)62-8)43(57)55-21-25(5)17-33(55)41-49-36(39(47)52-41)28-11-9-27(10-12-28)29-13-14-31-20-32(16-15-30(31)19-29)37-40(48)53-42(50-37)34-18-26(6)22-56(34)44(58)38(24(3)4)54(7)46(60)61/h9-16,19-20,23-26,33-35,38H,17-18,21-22H2,1-8H3,(H,49,52)(H,50,53)(H,51,59)(H,60,61)/t25-,26-,33-,34-,35-,38-/m0/s1. The van der Waals surface area contributed by atoms with Crippen LogP contribution in [0.15, 0.2) is 60.7 Å². The van der Waals surface area contributed by atoms with E-state index in [4.69, 9.17) is 27.9 Å². The van der Waals surface area contributed by atoms with Crippen molar-refractivity contribution in [3.63, 3.8) is 0 Å². The Morgan fingerprint density at radius 1 is 0.742 bits per heavy atom. The molecule has 0 radical (unpaired) electrons. The van der Waals surface area contributed by atoms with Crippen LogP contribution in [0.2, 0.25) is 10.3 Å². The molecule has 14 nitrogen and oxygen atoms in total. The van der Waals surface area contributed by atoms with Crippen LogP contribution in [0.4, 0.5) is 9.59 Å². The molecule has 7 rings (SSSR count). The molecule has 5 aromatic rings. The van der Waals surface area contributed by atoms with Crippen molar-refractivity contribution in [1.82, 2.24) is 40.0 Å². The molecule has 2 fully saturated rings. The van der Waals surface area contributed by atoms with Gasteiger partial charge in [0.25, 0.3) is 0 Å². The van der Waals surface area contributed by atoms with Crippen LogP contribution < -0.4 is 5.32 Å². The summed E-state index contributed by atoms with van der Waals surface area (Å²) >= 11 is 13.5. The summed E-state index contributed by atoms with van der Waals surface area (Å²) in [7, 11) is 2.71. The predicted octanol–water partition coefficient (Wildman–Crippen LogP) is 9.43. The van der Waals surface area contributed by atoms with Crippen LogP contribution in [0.3, 0.4) is 0 Å². The number of halogens is 2. The Labute approximate surface area is 371 Å². The van der Waals surface area contributed by atoms with Gasteiger partial charge >= 0.3 is 12.2 Å². The third-order valence-electron chi connectivity index (χ3n) is 12.2. The van der Waals surface area contributed by atoms with E-state index in [0.29, 0.717) is 59.3 Å². The fourth-order valence-electron chi connectivity index (χ4n) is 9.01. The molecule has 2 aliphatic rings. The van der Waals surface area contributed by atoms with Gasteiger partial charge in [0.1, 0.15) is 23.7 Å². The molecule has 0 saturated carbocycles. The number of amides is 4. The summed E-state index contributed by atoms with van der Waals surface area (Å²) in [6, 6.07) is 18.1. The van der Waals surface area contributed by atoms with Crippen molar-refractivity contribution < 1.29 is 29.0 Å². The normalized spacial score (nSPS) is 19.9. The third-order valence-corrected chi connectivity index (χ3v) is 12.8. The number of H-pyrrole nitrogens is 2. The summed E-state index contributed by atoms with van der Waals surface area (Å²) in [5.41, 5.74) is 5.04. The van der Waals surface area contributed by atoms with Crippen LogP contribution >= 0.6 is 23.2 Å². The van der Waals surface area contributed by atoms with Gasteiger partial charge in [-0.05, 0) is 70.5 Å². The molecule has 4 heterocycles. The van der Waals surface area contributed by atoms with E-state index in [1.165, 1.54) is 14.2 Å². The molecular formula is C46H54Cl2N8O6. The highest BCUT2D eigenvalue weighted by Gasteiger charge is 2.43. The summed E-state index contributed by atoms with van der Waals surface area (Å²) in [6.45, 7) is 12.6. The number of likely N-dealkylation sites (tertiary alicyclic amines) is 2. The minimum atomic E-state index is -1.15. The lowest BCUT2D eigenvalue weighted by atomic mass is 9.98. The first-order valence-electron chi connectivity index (χ1n) is 21.0. The van der Waals surface area contributed by atoms with Gasteiger partial charge in [-0.25, -0.2) is 19.6 Å². The smallest absolute Gasteiger partial charge is 0.407 e. The summed E-state index contributed by atoms with van der Waals surface area (Å²) in [4.78, 5) is 72.3. The van der Waals surface area contributed by atoms with Crippen molar-refractivity contribution in [2.45, 2.75) is 78.6 Å². The Kier molecular flexibility index (Phi) is 12.9. The number of likely N-dealkylation sites (N-methyl/N-ethyl adjacent to an activating group) is 1. The number of aromatic amines is 2. The SMILES string of the molecule is COC(=O)N[C@H](C(=O)N1C[C@@H](C)C[C@H]1c1nc(Cl)c(-c2ccc(-c3ccc4cc(-c5[nH]c([C@@H]6C[C@H](C)CN6C(=O)[C@H](C(C)C)N(C)C(=O)O)nc5Cl)ccc4c3)cc2)[nH]1)C(C)C. The van der Waals surface area contributed by atoms with Crippen LogP contribution in [0.5, 0.6) is 0 Å². The van der Waals surface area contributed by atoms with E-state index in [2.05, 4.69) is 63.4 Å². The number of alkyl carbamates (subject to hydrolysis) is 1. The van der Waals surface area contributed by atoms with Gasteiger partial charge < -0.3 is 34.9 Å². The fourth-order valence-corrected chi connectivity index (χ4v) is 9.50. The second-order valence-electron chi connectivity index (χ2n) is 17.6. The first kappa shape index (κ1) is 44.5. The van der Waals surface area contributed by atoms with Crippen molar-refractivity contribution >= 4 is 58.0 Å². The minimum Gasteiger partial charge on any atom is -0.465 e. The summed E-state index contributed by atoms with van der Waals surface area (Å²) in [5.74, 6) is 0.787. The highest BCUT2D eigenvalue weighted by Crippen LogP contribution is 2.40. The molecule has 0 bridgehead atoms. The van der Waals surface area contributed by atoms with Crippen molar-refractivity contribution in [2.24, 2.45) is 23.7 Å². The van der Waals surface area contributed by atoms with Gasteiger partial charge in [0, 0.05) is 31.3 Å². The summed E-state index contributed by atoms with van der Waals surface area (Å²) in [5, 5.41) is 15.0. The second-order valence-corrected chi connectivity index (χ2v) is 18.3. The summed E-state index contributed by atoms with van der Waals surface area (Å²) < 4.78 is 4.78. The first-order chi connectivity index (χ1) is 29.4. The molecule has 0 unspecified atom stereocenters. The molecule has 4 amide bonds. The van der Waals surface area contributed by atoms with Crippen molar-refractivity contribution in [3.05, 3.63) is 82.6 Å². The van der Waals surface area contributed by atoms with Gasteiger partial charge in [-0.2, -0.15) is 0 Å². The number of nitrogens with one attached hydrogen (secondary N) is 3. The second kappa shape index (κ2) is 18.0. The Hall–Kier alpha value is -5.60. The number of carbonyl (C=O) groups is 4. The number of imidazole rings is 2. The lowest BCUT2D eigenvalue weighted by Gasteiger charge is -2.33. The van der Waals surface area contributed by atoms with Crippen molar-refractivity contribution in [2.75, 3.05) is 27.2 Å². The maximum atomic E-state index is 13.9. The average Bonchev–Trinajstić information content (AvgIpc) is 4.03. The Morgan fingerprint density at radius 2 is 1.21 bits per heavy atom. The van der Waals surface area contributed by atoms with Gasteiger partial charge in [0.2, 0.25) is 11.8 Å². The molecule has 16 heteroatoms. The minimum absolute atomic E-state index is 0.151.